The van der Waals surface area contributed by atoms with E-state index < -0.39 is 0 Å². The van der Waals surface area contributed by atoms with Crippen LogP contribution in [0.1, 0.15) is 0 Å². The lowest BCUT2D eigenvalue weighted by Crippen LogP contribution is -2.09. The topological polar surface area (TPSA) is 32.8 Å². The highest BCUT2D eigenvalue weighted by molar-refractivity contribution is 6.07. The van der Waals surface area contributed by atoms with E-state index in [1.807, 2.05) is 24.3 Å². The Labute approximate surface area is 371 Å². The molecule has 302 valence electrons. The maximum Gasteiger partial charge on any atom is 0.137 e. The van der Waals surface area contributed by atoms with E-state index in [2.05, 4.69) is 228 Å². The molecule has 10 aromatic carbocycles. The zero-order chi connectivity index (χ0) is 42.4. The Balaban J connectivity index is 0.915. The smallest absolute Gasteiger partial charge is 0.137 e. The van der Waals surface area contributed by atoms with E-state index in [4.69, 9.17) is 8.83 Å². The summed E-state index contributed by atoms with van der Waals surface area (Å²) in [4.78, 5) is 4.58. The maximum atomic E-state index is 6.34. The fraction of sp³-hybridized carbons (Fsp3) is 0. The minimum atomic E-state index is 0.867. The standard InChI is InChI=1S/C60H40N2O2/c1-4-14-41(15-5-1)44-36-45(42-24-28-49(29-25-42)61(47-16-6-2-7-17-47)51-32-34-55-53-20-10-12-22-57(53)63-59(55)39-51)38-46(37-44)43-26-30-50(31-27-43)62(48-18-8-3-9-19-48)52-33-35-56-54-21-11-13-23-58(54)64-60(56)40-52/h1-40H. The average Bonchev–Trinajstić information content (AvgIpc) is 3.93. The fourth-order valence-electron chi connectivity index (χ4n) is 9.12. The van der Waals surface area contributed by atoms with Crippen LogP contribution in [0, 0.1) is 0 Å². The van der Waals surface area contributed by atoms with Gasteiger partial charge < -0.3 is 18.6 Å². The van der Waals surface area contributed by atoms with Crippen LogP contribution in [0.15, 0.2) is 251 Å². The third kappa shape index (κ3) is 6.75. The molecule has 0 aliphatic rings. The summed E-state index contributed by atoms with van der Waals surface area (Å²) < 4.78 is 12.7. The van der Waals surface area contributed by atoms with Gasteiger partial charge in [-0.05, 0) is 137 Å². The van der Waals surface area contributed by atoms with Crippen molar-refractivity contribution in [3.05, 3.63) is 243 Å². The van der Waals surface area contributed by atoms with Crippen LogP contribution < -0.4 is 9.80 Å². The Morgan fingerprint density at radius 3 is 0.938 bits per heavy atom. The average molecular weight is 821 g/mol. The number of nitrogens with zero attached hydrogens (tertiary/aromatic N) is 2. The number of para-hydroxylation sites is 4. The highest BCUT2D eigenvalue weighted by Crippen LogP contribution is 2.42. The molecule has 0 aliphatic carbocycles. The van der Waals surface area contributed by atoms with E-state index in [0.29, 0.717) is 0 Å². The molecule has 2 aromatic heterocycles. The van der Waals surface area contributed by atoms with Crippen LogP contribution in [0.3, 0.4) is 0 Å². The van der Waals surface area contributed by atoms with Gasteiger partial charge in [0.25, 0.3) is 0 Å². The molecule has 0 radical (unpaired) electrons. The lowest BCUT2D eigenvalue weighted by atomic mass is 9.93. The summed E-state index contributed by atoms with van der Waals surface area (Å²) in [6.07, 6.45) is 0. The summed E-state index contributed by atoms with van der Waals surface area (Å²) in [5, 5.41) is 4.47. The molecule has 0 atom stereocenters. The Hall–Kier alpha value is -8.60. The second-order valence-electron chi connectivity index (χ2n) is 16.2. The van der Waals surface area contributed by atoms with Gasteiger partial charge in [-0.2, -0.15) is 0 Å². The zero-order valence-corrected chi connectivity index (χ0v) is 34.8. The molecular formula is C60H40N2O2. The highest BCUT2D eigenvalue weighted by Gasteiger charge is 2.18. The van der Waals surface area contributed by atoms with Crippen molar-refractivity contribution in [2.24, 2.45) is 0 Å². The second-order valence-corrected chi connectivity index (χ2v) is 16.2. The van der Waals surface area contributed by atoms with E-state index in [1.165, 1.54) is 5.56 Å². The van der Waals surface area contributed by atoms with Crippen molar-refractivity contribution in [2.75, 3.05) is 9.80 Å². The summed E-state index contributed by atoms with van der Waals surface area (Å²) in [5.41, 5.74) is 16.7. The van der Waals surface area contributed by atoms with Gasteiger partial charge in [0.05, 0.1) is 0 Å². The van der Waals surface area contributed by atoms with Gasteiger partial charge in [-0.25, -0.2) is 0 Å². The van der Waals surface area contributed by atoms with E-state index >= 15 is 0 Å². The van der Waals surface area contributed by atoms with Gasteiger partial charge in [-0.15, -0.1) is 0 Å². The molecule has 0 aliphatic heterocycles. The monoisotopic (exact) mass is 820 g/mol. The molecule has 4 nitrogen and oxygen atoms in total. The first-order valence-corrected chi connectivity index (χ1v) is 21.6. The molecule has 12 rings (SSSR count). The number of hydrogen-bond donors (Lipinski definition) is 0. The maximum absolute atomic E-state index is 6.34. The van der Waals surface area contributed by atoms with Gasteiger partial charge in [-0.1, -0.05) is 127 Å². The van der Waals surface area contributed by atoms with Gasteiger partial charge in [0.2, 0.25) is 0 Å². The first-order valence-electron chi connectivity index (χ1n) is 21.6. The second kappa shape index (κ2) is 15.7. The molecule has 0 fully saturated rings. The Bertz CT molecular complexity index is 3380. The van der Waals surface area contributed by atoms with Crippen LogP contribution in [0.25, 0.3) is 77.3 Å². The van der Waals surface area contributed by atoms with Crippen molar-refractivity contribution in [1.29, 1.82) is 0 Å². The molecule has 64 heavy (non-hydrogen) atoms. The molecule has 0 amide bonds. The van der Waals surface area contributed by atoms with Gasteiger partial charge in [0.1, 0.15) is 22.3 Å². The molecule has 12 aromatic rings. The zero-order valence-electron chi connectivity index (χ0n) is 34.8. The molecule has 0 spiro atoms. The Morgan fingerprint density at radius 2 is 0.516 bits per heavy atom. The van der Waals surface area contributed by atoms with E-state index in [-0.39, 0.29) is 0 Å². The van der Waals surface area contributed by atoms with Crippen molar-refractivity contribution >= 4 is 78.0 Å². The summed E-state index contributed by atoms with van der Waals surface area (Å²) in [6, 6.07) is 85.9. The lowest BCUT2D eigenvalue weighted by molar-refractivity contribution is 0.668. The predicted molar refractivity (Wildman–Crippen MR) is 267 cm³/mol. The van der Waals surface area contributed by atoms with Gasteiger partial charge in [0, 0.05) is 67.8 Å². The molecule has 2 heterocycles. The lowest BCUT2D eigenvalue weighted by Gasteiger charge is -2.26. The van der Waals surface area contributed by atoms with E-state index in [9.17, 15) is 0 Å². The predicted octanol–water partition coefficient (Wildman–Crippen LogP) is 17.4. The van der Waals surface area contributed by atoms with E-state index in [0.717, 1.165) is 106 Å². The molecular weight excluding hydrogens is 781 g/mol. The van der Waals surface area contributed by atoms with E-state index in [1.54, 1.807) is 0 Å². The van der Waals surface area contributed by atoms with Crippen molar-refractivity contribution in [3.8, 4) is 33.4 Å². The van der Waals surface area contributed by atoms with Crippen LogP contribution in [-0.4, -0.2) is 0 Å². The van der Waals surface area contributed by atoms with Crippen LogP contribution in [0.4, 0.5) is 34.1 Å². The molecule has 4 heteroatoms. The molecule has 0 N–H and O–H groups in total. The number of hydrogen-bond acceptors (Lipinski definition) is 4. The molecule has 0 unspecified atom stereocenters. The SMILES string of the molecule is c1ccc(-c2cc(-c3ccc(N(c4ccccc4)c4ccc5c(c4)oc4ccccc45)cc3)cc(-c3ccc(N(c4ccccc4)c4ccc5c(c4)oc4ccccc45)cc3)c2)cc1. The first-order chi connectivity index (χ1) is 31.7. The third-order valence-electron chi connectivity index (χ3n) is 12.2. The summed E-state index contributed by atoms with van der Waals surface area (Å²) in [7, 11) is 0. The Morgan fingerprint density at radius 1 is 0.203 bits per heavy atom. The molecule has 0 saturated heterocycles. The normalized spacial score (nSPS) is 11.4. The van der Waals surface area contributed by atoms with Crippen molar-refractivity contribution in [3.63, 3.8) is 0 Å². The molecule has 0 saturated carbocycles. The highest BCUT2D eigenvalue weighted by atomic mass is 16.3. The van der Waals surface area contributed by atoms with Gasteiger partial charge in [-0.3, -0.25) is 0 Å². The van der Waals surface area contributed by atoms with Gasteiger partial charge >= 0.3 is 0 Å². The van der Waals surface area contributed by atoms with Crippen molar-refractivity contribution in [2.45, 2.75) is 0 Å². The largest absolute Gasteiger partial charge is 0.456 e. The van der Waals surface area contributed by atoms with Crippen LogP contribution in [-0.2, 0) is 0 Å². The minimum absolute atomic E-state index is 0.867. The number of anilines is 6. The quantitative estimate of drug-likeness (QED) is 0.145. The summed E-state index contributed by atoms with van der Waals surface area (Å²) >= 11 is 0. The summed E-state index contributed by atoms with van der Waals surface area (Å²) in [5.74, 6) is 0. The summed E-state index contributed by atoms with van der Waals surface area (Å²) in [6.45, 7) is 0. The molecule has 0 bridgehead atoms. The fourth-order valence-corrected chi connectivity index (χ4v) is 9.12. The van der Waals surface area contributed by atoms with Crippen molar-refractivity contribution in [1.82, 2.24) is 0 Å². The minimum Gasteiger partial charge on any atom is -0.456 e. The number of rotatable bonds is 9. The number of benzene rings is 10. The Kier molecular flexibility index (Phi) is 9.12. The van der Waals surface area contributed by atoms with Crippen LogP contribution in [0.5, 0.6) is 0 Å². The first kappa shape index (κ1) is 37.2. The van der Waals surface area contributed by atoms with Crippen molar-refractivity contribution < 1.29 is 8.83 Å². The number of fused-ring (bicyclic) bond motifs is 6. The van der Waals surface area contributed by atoms with Crippen LogP contribution >= 0.6 is 0 Å². The van der Waals surface area contributed by atoms with Crippen LogP contribution in [0.2, 0.25) is 0 Å². The third-order valence-corrected chi connectivity index (χ3v) is 12.2. The number of furan rings is 2. The van der Waals surface area contributed by atoms with Gasteiger partial charge in [0.15, 0.2) is 0 Å².